The Balaban J connectivity index is 4.21. The second-order valence-corrected chi connectivity index (χ2v) is 5.13. The first kappa shape index (κ1) is 11.4. The van der Waals surface area contributed by atoms with Gasteiger partial charge in [-0.2, -0.15) is 0 Å². The fraction of sp³-hybridized carbons (Fsp3) is 0.625. The molecule has 0 spiro atoms. The van der Waals surface area contributed by atoms with E-state index in [2.05, 4.69) is 6.58 Å². The minimum absolute atomic E-state index is 0.239. The number of rotatable bonds is 5. The van der Waals surface area contributed by atoms with Crippen LogP contribution in [0.5, 0.6) is 0 Å². The Bertz CT molecular complexity index is 264. The van der Waals surface area contributed by atoms with Gasteiger partial charge >= 0.3 is 0 Å². The average Bonchev–Trinajstić information content (AvgIpc) is 1.97. The molecule has 0 aromatic rings. The fourth-order valence-corrected chi connectivity index (χ4v) is 1.28. The number of ketones is 1. The van der Waals surface area contributed by atoms with Crippen LogP contribution in [0.15, 0.2) is 12.7 Å². The highest BCUT2D eigenvalue weighted by molar-refractivity contribution is 7.92. The quantitative estimate of drug-likeness (QED) is 0.607. The van der Waals surface area contributed by atoms with E-state index in [-0.39, 0.29) is 12.2 Å². The van der Waals surface area contributed by atoms with Crippen LogP contribution in [0, 0.1) is 0 Å². The van der Waals surface area contributed by atoms with E-state index in [9.17, 15) is 13.2 Å². The number of Topliss-reactive ketones (excluding diaryl/α,β-unsaturated/α-hetero) is 1. The first-order valence-corrected chi connectivity index (χ1v) is 5.67. The van der Waals surface area contributed by atoms with Gasteiger partial charge in [0.1, 0.15) is 5.25 Å². The Morgan fingerprint density at radius 1 is 1.58 bits per heavy atom. The van der Waals surface area contributed by atoms with Gasteiger partial charge in [-0.3, -0.25) is 4.79 Å². The molecule has 70 valence electrons. The Kier molecular flexibility index (Phi) is 4.17. The second-order valence-electron chi connectivity index (χ2n) is 2.77. The average molecular weight is 190 g/mol. The number of sulfone groups is 1. The number of carbonyl (C=O) groups is 1. The molecule has 1 atom stereocenters. The van der Waals surface area contributed by atoms with Crippen molar-refractivity contribution in [2.45, 2.75) is 25.0 Å². The second kappa shape index (κ2) is 4.40. The summed E-state index contributed by atoms with van der Waals surface area (Å²) in [6.07, 6.45) is 3.48. The van der Waals surface area contributed by atoms with Crippen LogP contribution in [0.25, 0.3) is 0 Å². The zero-order valence-corrected chi connectivity index (χ0v) is 8.23. The van der Waals surface area contributed by atoms with Crippen LogP contribution in [0.4, 0.5) is 0 Å². The molecule has 3 nitrogen and oxygen atoms in total. The predicted octanol–water partition coefficient (Wildman–Crippen LogP) is 0.955. The maximum atomic E-state index is 11.1. The number of hydrogen-bond acceptors (Lipinski definition) is 3. The normalized spacial score (nSPS) is 13.8. The lowest BCUT2D eigenvalue weighted by Gasteiger charge is -2.06. The molecule has 0 heterocycles. The number of carbonyl (C=O) groups excluding carboxylic acids is 1. The van der Waals surface area contributed by atoms with E-state index in [1.807, 2.05) is 0 Å². The third-order valence-corrected chi connectivity index (χ3v) is 3.24. The molecule has 0 aromatic heterocycles. The summed E-state index contributed by atoms with van der Waals surface area (Å²) < 4.78 is 21.8. The smallest absolute Gasteiger partial charge is 0.157 e. The number of allylic oxidation sites excluding steroid dienone is 1. The predicted molar refractivity (Wildman–Crippen MR) is 48.7 cm³/mol. The van der Waals surface area contributed by atoms with Crippen molar-refractivity contribution in [3.8, 4) is 0 Å². The first-order valence-electron chi connectivity index (χ1n) is 3.72. The topological polar surface area (TPSA) is 51.2 Å². The van der Waals surface area contributed by atoms with Gasteiger partial charge in [0.15, 0.2) is 15.6 Å². The molecule has 0 amide bonds. The van der Waals surface area contributed by atoms with E-state index in [0.29, 0.717) is 6.42 Å². The van der Waals surface area contributed by atoms with Crippen molar-refractivity contribution in [3.63, 3.8) is 0 Å². The minimum atomic E-state index is -3.22. The van der Waals surface area contributed by atoms with Gasteiger partial charge in [0, 0.05) is 12.7 Å². The zero-order valence-electron chi connectivity index (χ0n) is 7.41. The van der Waals surface area contributed by atoms with Gasteiger partial charge in [0.25, 0.3) is 0 Å². The van der Waals surface area contributed by atoms with Crippen LogP contribution >= 0.6 is 0 Å². The van der Waals surface area contributed by atoms with Crippen LogP contribution in [0.2, 0.25) is 0 Å². The van der Waals surface area contributed by atoms with Gasteiger partial charge in [-0.05, 0) is 13.3 Å². The van der Waals surface area contributed by atoms with Gasteiger partial charge in [-0.1, -0.05) is 6.08 Å². The highest BCUT2D eigenvalue weighted by Crippen LogP contribution is 2.04. The van der Waals surface area contributed by atoms with E-state index in [4.69, 9.17) is 0 Å². The summed E-state index contributed by atoms with van der Waals surface area (Å²) in [6, 6.07) is 0. The van der Waals surface area contributed by atoms with Gasteiger partial charge in [-0.25, -0.2) is 8.42 Å². The first-order chi connectivity index (χ1) is 5.39. The Labute approximate surface area is 73.4 Å². The molecule has 0 aliphatic carbocycles. The van der Waals surface area contributed by atoms with Gasteiger partial charge in [0.05, 0.1) is 0 Å². The maximum absolute atomic E-state index is 11.1. The summed E-state index contributed by atoms with van der Waals surface area (Å²) in [5.74, 6) is -0.239. The Morgan fingerprint density at radius 3 is 2.42 bits per heavy atom. The largest absolute Gasteiger partial charge is 0.298 e. The minimum Gasteiger partial charge on any atom is -0.298 e. The summed E-state index contributed by atoms with van der Waals surface area (Å²) in [5, 5.41) is -0.877. The van der Waals surface area contributed by atoms with Crippen LogP contribution in [-0.4, -0.2) is 25.7 Å². The van der Waals surface area contributed by atoms with E-state index in [1.54, 1.807) is 6.08 Å². The van der Waals surface area contributed by atoms with Gasteiger partial charge < -0.3 is 0 Å². The molecule has 12 heavy (non-hydrogen) atoms. The summed E-state index contributed by atoms with van der Waals surface area (Å²) in [7, 11) is -3.22. The molecule has 0 aliphatic heterocycles. The summed E-state index contributed by atoms with van der Waals surface area (Å²) in [4.78, 5) is 11.1. The zero-order chi connectivity index (χ0) is 9.78. The van der Waals surface area contributed by atoms with Crippen molar-refractivity contribution < 1.29 is 13.2 Å². The standard InChI is InChI=1S/C8H14O3S/c1-4-5-6-8(9)7(2)12(3,10)11/h4,7H,1,5-6H2,2-3H3. The lowest BCUT2D eigenvalue weighted by Crippen LogP contribution is -2.25. The van der Waals surface area contributed by atoms with Crippen LogP contribution in [0.1, 0.15) is 19.8 Å². The van der Waals surface area contributed by atoms with E-state index < -0.39 is 15.1 Å². The molecule has 0 N–H and O–H groups in total. The van der Waals surface area contributed by atoms with E-state index in [0.717, 1.165) is 6.26 Å². The Morgan fingerprint density at radius 2 is 2.08 bits per heavy atom. The van der Waals surface area contributed by atoms with E-state index >= 15 is 0 Å². The molecule has 0 radical (unpaired) electrons. The number of hydrogen-bond donors (Lipinski definition) is 0. The van der Waals surface area contributed by atoms with Crippen LogP contribution < -0.4 is 0 Å². The van der Waals surface area contributed by atoms with Crippen molar-refractivity contribution >= 4 is 15.6 Å². The molecule has 0 bridgehead atoms. The molecule has 1 unspecified atom stereocenters. The third kappa shape index (κ3) is 3.67. The van der Waals surface area contributed by atoms with Crippen molar-refractivity contribution in [2.24, 2.45) is 0 Å². The molecular weight excluding hydrogens is 176 g/mol. The van der Waals surface area contributed by atoms with Gasteiger partial charge in [-0.15, -0.1) is 6.58 Å². The van der Waals surface area contributed by atoms with Crippen molar-refractivity contribution in [1.82, 2.24) is 0 Å². The monoisotopic (exact) mass is 190 g/mol. The summed E-state index contributed by atoms with van der Waals surface area (Å²) >= 11 is 0. The molecule has 0 rings (SSSR count). The Hall–Kier alpha value is -0.640. The third-order valence-electron chi connectivity index (χ3n) is 1.69. The maximum Gasteiger partial charge on any atom is 0.157 e. The molecular formula is C8H14O3S. The lowest BCUT2D eigenvalue weighted by atomic mass is 10.2. The van der Waals surface area contributed by atoms with Crippen molar-refractivity contribution in [2.75, 3.05) is 6.26 Å². The van der Waals surface area contributed by atoms with Crippen molar-refractivity contribution in [1.29, 1.82) is 0 Å². The van der Waals surface area contributed by atoms with Gasteiger partial charge in [0.2, 0.25) is 0 Å². The molecule has 4 heteroatoms. The SMILES string of the molecule is C=CCCC(=O)C(C)S(C)(=O)=O. The molecule has 0 aromatic carbocycles. The highest BCUT2D eigenvalue weighted by Gasteiger charge is 2.21. The van der Waals surface area contributed by atoms with Crippen LogP contribution in [0.3, 0.4) is 0 Å². The molecule has 0 fully saturated rings. The lowest BCUT2D eigenvalue weighted by molar-refractivity contribution is -0.118. The van der Waals surface area contributed by atoms with Crippen LogP contribution in [-0.2, 0) is 14.6 Å². The highest BCUT2D eigenvalue weighted by atomic mass is 32.2. The summed E-state index contributed by atoms with van der Waals surface area (Å²) in [5.41, 5.74) is 0. The summed E-state index contributed by atoms with van der Waals surface area (Å²) in [6.45, 7) is 4.87. The molecule has 0 saturated heterocycles. The fourth-order valence-electron chi connectivity index (χ4n) is 0.686. The molecule has 0 saturated carbocycles. The van der Waals surface area contributed by atoms with Crippen molar-refractivity contribution in [3.05, 3.63) is 12.7 Å². The molecule has 0 aliphatic rings. The van der Waals surface area contributed by atoms with E-state index in [1.165, 1.54) is 6.92 Å².